The van der Waals surface area contributed by atoms with E-state index in [0.717, 1.165) is 13.0 Å². The second-order valence-electron chi connectivity index (χ2n) is 5.38. The molecule has 1 unspecified atom stereocenters. The quantitative estimate of drug-likeness (QED) is 0.688. The zero-order valence-corrected chi connectivity index (χ0v) is 10.3. The summed E-state index contributed by atoms with van der Waals surface area (Å²) in [5, 5.41) is 13.3. The lowest BCUT2D eigenvalue weighted by Crippen LogP contribution is -2.35. The monoisotopic (exact) mass is 213 g/mol. The van der Waals surface area contributed by atoms with Gasteiger partial charge in [-0.2, -0.15) is 0 Å². The molecule has 1 atom stereocenters. The van der Waals surface area contributed by atoms with Gasteiger partial charge in [-0.1, -0.05) is 39.5 Å². The number of aliphatic hydroxyl groups excluding tert-OH is 1. The third-order valence-corrected chi connectivity index (χ3v) is 3.24. The SMILES string of the molecule is CC(C)CC(O)CNC1CCCCCC1. The third-order valence-electron chi connectivity index (χ3n) is 3.24. The second-order valence-corrected chi connectivity index (χ2v) is 5.38. The van der Waals surface area contributed by atoms with E-state index in [0.29, 0.717) is 12.0 Å². The van der Waals surface area contributed by atoms with Crippen LogP contribution in [0.4, 0.5) is 0 Å². The van der Waals surface area contributed by atoms with Crippen LogP contribution in [0, 0.1) is 5.92 Å². The zero-order chi connectivity index (χ0) is 11.1. The molecule has 1 aliphatic carbocycles. The summed E-state index contributed by atoms with van der Waals surface area (Å²) >= 11 is 0. The van der Waals surface area contributed by atoms with Crippen molar-refractivity contribution in [3.8, 4) is 0 Å². The Morgan fingerprint density at radius 1 is 1.13 bits per heavy atom. The van der Waals surface area contributed by atoms with Gasteiger partial charge >= 0.3 is 0 Å². The molecule has 1 fully saturated rings. The molecule has 1 saturated carbocycles. The van der Waals surface area contributed by atoms with Crippen molar-refractivity contribution in [1.29, 1.82) is 0 Å². The van der Waals surface area contributed by atoms with Crippen molar-refractivity contribution in [2.45, 2.75) is 70.9 Å². The molecule has 0 aromatic rings. The number of hydrogen-bond donors (Lipinski definition) is 2. The number of hydrogen-bond acceptors (Lipinski definition) is 2. The number of nitrogens with one attached hydrogen (secondary N) is 1. The largest absolute Gasteiger partial charge is 0.392 e. The van der Waals surface area contributed by atoms with E-state index in [1.54, 1.807) is 0 Å². The minimum absolute atomic E-state index is 0.159. The summed E-state index contributed by atoms with van der Waals surface area (Å²) in [4.78, 5) is 0. The van der Waals surface area contributed by atoms with Crippen molar-refractivity contribution < 1.29 is 5.11 Å². The topological polar surface area (TPSA) is 32.3 Å². The summed E-state index contributed by atoms with van der Waals surface area (Å²) in [6.07, 6.45) is 8.87. The van der Waals surface area contributed by atoms with E-state index in [1.807, 2.05) is 0 Å². The van der Waals surface area contributed by atoms with Crippen LogP contribution in [-0.2, 0) is 0 Å². The highest BCUT2D eigenvalue weighted by molar-refractivity contribution is 4.72. The summed E-state index contributed by atoms with van der Waals surface area (Å²) in [7, 11) is 0. The van der Waals surface area contributed by atoms with Gasteiger partial charge in [-0.15, -0.1) is 0 Å². The lowest BCUT2D eigenvalue weighted by Gasteiger charge is -2.20. The molecule has 0 aromatic carbocycles. The Labute approximate surface area is 94.5 Å². The van der Waals surface area contributed by atoms with Crippen molar-refractivity contribution in [2.24, 2.45) is 5.92 Å². The smallest absolute Gasteiger partial charge is 0.0667 e. The summed E-state index contributed by atoms with van der Waals surface area (Å²) in [6.45, 7) is 5.10. The van der Waals surface area contributed by atoms with E-state index < -0.39 is 0 Å². The van der Waals surface area contributed by atoms with Gasteiger partial charge in [0.15, 0.2) is 0 Å². The molecule has 0 aromatic heterocycles. The lowest BCUT2D eigenvalue weighted by atomic mass is 10.0. The Balaban J connectivity index is 2.11. The molecule has 0 aliphatic heterocycles. The minimum atomic E-state index is -0.159. The Bertz CT molecular complexity index is 151. The normalized spacial score (nSPS) is 21.6. The maximum absolute atomic E-state index is 9.76. The van der Waals surface area contributed by atoms with Gasteiger partial charge in [0.05, 0.1) is 6.10 Å². The first-order chi connectivity index (χ1) is 7.18. The fraction of sp³-hybridized carbons (Fsp3) is 1.00. The maximum Gasteiger partial charge on any atom is 0.0667 e. The fourth-order valence-electron chi connectivity index (χ4n) is 2.41. The van der Waals surface area contributed by atoms with Crippen LogP contribution >= 0.6 is 0 Å². The third kappa shape index (κ3) is 6.16. The maximum atomic E-state index is 9.76. The summed E-state index contributed by atoms with van der Waals surface area (Å²) in [5.41, 5.74) is 0. The summed E-state index contributed by atoms with van der Waals surface area (Å²) in [5.74, 6) is 0.593. The highest BCUT2D eigenvalue weighted by Gasteiger charge is 2.13. The molecule has 2 N–H and O–H groups in total. The van der Waals surface area contributed by atoms with Crippen LogP contribution in [0.25, 0.3) is 0 Å². The van der Waals surface area contributed by atoms with E-state index in [1.165, 1.54) is 38.5 Å². The molecule has 0 amide bonds. The Morgan fingerprint density at radius 3 is 2.27 bits per heavy atom. The van der Waals surface area contributed by atoms with Crippen LogP contribution in [0.1, 0.15) is 58.8 Å². The van der Waals surface area contributed by atoms with Crippen molar-refractivity contribution in [3.63, 3.8) is 0 Å². The van der Waals surface area contributed by atoms with Crippen LogP contribution in [0.15, 0.2) is 0 Å². The van der Waals surface area contributed by atoms with Crippen LogP contribution in [0.2, 0.25) is 0 Å². The minimum Gasteiger partial charge on any atom is -0.392 e. The molecule has 15 heavy (non-hydrogen) atoms. The highest BCUT2D eigenvalue weighted by Crippen LogP contribution is 2.17. The van der Waals surface area contributed by atoms with E-state index in [2.05, 4.69) is 19.2 Å². The first-order valence-corrected chi connectivity index (χ1v) is 6.60. The van der Waals surface area contributed by atoms with Gasteiger partial charge < -0.3 is 10.4 Å². The van der Waals surface area contributed by atoms with Gasteiger partial charge in [-0.3, -0.25) is 0 Å². The van der Waals surface area contributed by atoms with Crippen LogP contribution in [-0.4, -0.2) is 23.8 Å². The first-order valence-electron chi connectivity index (χ1n) is 6.60. The van der Waals surface area contributed by atoms with Crippen molar-refractivity contribution in [3.05, 3.63) is 0 Å². The van der Waals surface area contributed by atoms with Gasteiger partial charge in [-0.05, 0) is 25.2 Å². The standard InChI is InChI=1S/C13H27NO/c1-11(2)9-13(15)10-14-12-7-5-3-4-6-8-12/h11-15H,3-10H2,1-2H3. The molecule has 0 spiro atoms. The van der Waals surface area contributed by atoms with Crippen LogP contribution in [0.5, 0.6) is 0 Å². The van der Waals surface area contributed by atoms with E-state index in [-0.39, 0.29) is 6.10 Å². The first kappa shape index (κ1) is 13.0. The van der Waals surface area contributed by atoms with Gasteiger partial charge in [0, 0.05) is 12.6 Å². The molecule has 0 bridgehead atoms. The van der Waals surface area contributed by atoms with E-state index in [4.69, 9.17) is 0 Å². The highest BCUT2D eigenvalue weighted by atomic mass is 16.3. The number of rotatable bonds is 5. The predicted octanol–water partition coefficient (Wildman–Crippen LogP) is 2.71. The van der Waals surface area contributed by atoms with E-state index >= 15 is 0 Å². The predicted molar refractivity (Wildman–Crippen MR) is 65.0 cm³/mol. The Morgan fingerprint density at radius 2 is 1.73 bits per heavy atom. The lowest BCUT2D eigenvalue weighted by molar-refractivity contribution is 0.141. The van der Waals surface area contributed by atoms with Crippen molar-refractivity contribution >= 4 is 0 Å². The average Bonchev–Trinajstić information content (AvgIpc) is 2.41. The molecule has 2 nitrogen and oxygen atoms in total. The molecule has 0 radical (unpaired) electrons. The fourth-order valence-corrected chi connectivity index (χ4v) is 2.41. The molecule has 2 heteroatoms. The zero-order valence-electron chi connectivity index (χ0n) is 10.3. The van der Waals surface area contributed by atoms with Gasteiger partial charge in [0.2, 0.25) is 0 Å². The summed E-state index contributed by atoms with van der Waals surface area (Å²) < 4.78 is 0. The second kappa shape index (κ2) is 7.24. The van der Waals surface area contributed by atoms with Gasteiger partial charge in [-0.25, -0.2) is 0 Å². The molecule has 0 heterocycles. The van der Waals surface area contributed by atoms with Crippen molar-refractivity contribution in [1.82, 2.24) is 5.32 Å². The molecule has 90 valence electrons. The van der Waals surface area contributed by atoms with Crippen LogP contribution < -0.4 is 5.32 Å². The molecular formula is C13H27NO. The van der Waals surface area contributed by atoms with Crippen molar-refractivity contribution in [2.75, 3.05) is 6.54 Å². The average molecular weight is 213 g/mol. The molecule has 1 rings (SSSR count). The van der Waals surface area contributed by atoms with Gasteiger partial charge in [0.1, 0.15) is 0 Å². The van der Waals surface area contributed by atoms with E-state index in [9.17, 15) is 5.11 Å². The summed E-state index contributed by atoms with van der Waals surface area (Å²) in [6, 6.07) is 0.661. The number of aliphatic hydroxyl groups is 1. The Hall–Kier alpha value is -0.0800. The molecular weight excluding hydrogens is 186 g/mol. The Kier molecular flexibility index (Phi) is 6.26. The van der Waals surface area contributed by atoms with Gasteiger partial charge in [0.25, 0.3) is 0 Å². The molecule has 0 saturated heterocycles. The van der Waals surface area contributed by atoms with Crippen LogP contribution in [0.3, 0.4) is 0 Å². The molecule has 1 aliphatic rings.